The number of hydrogen-bond acceptors (Lipinski definition) is 3. The minimum absolute atomic E-state index is 0.0179. The van der Waals surface area contributed by atoms with Crippen LogP contribution < -0.4 is 0 Å². The number of ether oxygens (including phenoxy) is 1. The molecule has 1 atom stereocenters. The highest BCUT2D eigenvalue weighted by atomic mass is 16.5. The first-order chi connectivity index (χ1) is 7.24. The largest absolute Gasteiger partial charge is 0.466 e. The second kappa shape index (κ2) is 6.19. The van der Waals surface area contributed by atoms with E-state index < -0.39 is 6.10 Å². The van der Waals surface area contributed by atoms with Gasteiger partial charge in [0.15, 0.2) is 0 Å². The van der Waals surface area contributed by atoms with E-state index in [2.05, 4.69) is 0 Å². The minimum Gasteiger partial charge on any atom is -0.466 e. The summed E-state index contributed by atoms with van der Waals surface area (Å²) in [6, 6.07) is 9.10. The van der Waals surface area contributed by atoms with Gasteiger partial charge in [0.2, 0.25) is 0 Å². The second-order valence-corrected chi connectivity index (χ2v) is 3.35. The van der Waals surface area contributed by atoms with Crippen molar-refractivity contribution in [3.05, 3.63) is 35.9 Å². The van der Waals surface area contributed by atoms with Gasteiger partial charge in [-0.2, -0.15) is 0 Å². The quantitative estimate of drug-likeness (QED) is 0.753. The van der Waals surface area contributed by atoms with Crippen LogP contribution in [0.5, 0.6) is 0 Å². The maximum absolute atomic E-state index is 11.2. The van der Waals surface area contributed by atoms with Crippen LogP contribution in [0.2, 0.25) is 0 Å². The van der Waals surface area contributed by atoms with Crippen molar-refractivity contribution in [2.24, 2.45) is 0 Å². The molecule has 0 spiro atoms. The van der Waals surface area contributed by atoms with Gasteiger partial charge < -0.3 is 9.84 Å². The van der Waals surface area contributed by atoms with Gasteiger partial charge in [-0.25, -0.2) is 0 Å². The molecule has 0 aliphatic carbocycles. The van der Waals surface area contributed by atoms with Crippen molar-refractivity contribution in [1.82, 2.24) is 0 Å². The number of carbonyl (C=O) groups excluding carboxylic acids is 1. The third-order valence-electron chi connectivity index (χ3n) is 2.01. The fraction of sp³-hybridized carbons (Fsp3) is 0.417. The zero-order valence-electron chi connectivity index (χ0n) is 8.85. The summed E-state index contributed by atoms with van der Waals surface area (Å²) in [4.78, 5) is 11.2. The minimum atomic E-state index is -0.768. The van der Waals surface area contributed by atoms with Crippen LogP contribution >= 0.6 is 0 Å². The molecule has 82 valence electrons. The highest BCUT2D eigenvalue weighted by Gasteiger charge is 2.13. The van der Waals surface area contributed by atoms with Crippen LogP contribution in [0.4, 0.5) is 0 Å². The Balaban J connectivity index is 2.42. The van der Waals surface area contributed by atoms with Crippen LogP contribution in [0.1, 0.15) is 31.4 Å². The van der Waals surface area contributed by atoms with Crippen LogP contribution in [0.15, 0.2) is 30.3 Å². The standard InChI is InChI=1S/C12H16O3/c1-2-8-15-12(14)9-11(13)10-6-4-3-5-7-10/h3-7,11,13H,2,8-9H2,1H3. The lowest BCUT2D eigenvalue weighted by Gasteiger charge is -2.10. The average Bonchev–Trinajstić information content (AvgIpc) is 2.27. The van der Waals surface area contributed by atoms with E-state index in [1.165, 1.54) is 0 Å². The first kappa shape index (κ1) is 11.7. The lowest BCUT2D eigenvalue weighted by atomic mass is 10.1. The molecule has 0 radical (unpaired) electrons. The van der Waals surface area contributed by atoms with Crippen LogP contribution in [0.3, 0.4) is 0 Å². The highest BCUT2D eigenvalue weighted by Crippen LogP contribution is 2.16. The summed E-state index contributed by atoms with van der Waals surface area (Å²) in [6.07, 6.45) is 0.0486. The van der Waals surface area contributed by atoms with Gasteiger partial charge in [0.1, 0.15) is 0 Å². The summed E-state index contributed by atoms with van der Waals surface area (Å²) in [7, 11) is 0. The van der Waals surface area contributed by atoms with E-state index in [1.54, 1.807) is 12.1 Å². The molecule has 0 fully saturated rings. The number of carbonyl (C=O) groups is 1. The number of aliphatic hydroxyl groups is 1. The lowest BCUT2D eigenvalue weighted by molar-refractivity contribution is -0.146. The average molecular weight is 208 g/mol. The molecule has 1 aromatic rings. The number of esters is 1. The van der Waals surface area contributed by atoms with Crippen molar-refractivity contribution in [2.45, 2.75) is 25.9 Å². The third kappa shape index (κ3) is 4.13. The molecule has 0 amide bonds. The number of aliphatic hydroxyl groups excluding tert-OH is 1. The summed E-state index contributed by atoms with van der Waals surface area (Å²) in [5, 5.41) is 9.69. The molecule has 1 N–H and O–H groups in total. The molecule has 0 heterocycles. The van der Waals surface area contributed by atoms with Crippen molar-refractivity contribution in [3.63, 3.8) is 0 Å². The van der Waals surface area contributed by atoms with Gasteiger partial charge in [-0.15, -0.1) is 0 Å². The second-order valence-electron chi connectivity index (χ2n) is 3.35. The van der Waals surface area contributed by atoms with E-state index in [0.29, 0.717) is 6.61 Å². The lowest BCUT2D eigenvalue weighted by Crippen LogP contribution is -2.10. The fourth-order valence-electron chi connectivity index (χ4n) is 1.23. The molecular formula is C12H16O3. The Morgan fingerprint density at radius 2 is 2.07 bits per heavy atom. The van der Waals surface area contributed by atoms with Crippen LogP contribution in [-0.2, 0) is 9.53 Å². The SMILES string of the molecule is CCCOC(=O)CC(O)c1ccccc1. The molecule has 1 rings (SSSR count). The van der Waals surface area contributed by atoms with E-state index in [0.717, 1.165) is 12.0 Å². The Morgan fingerprint density at radius 3 is 2.67 bits per heavy atom. The monoisotopic (exact) mass is 208 g/mol. The zero-order chi connectivity index (χ0) is 11.1. The van der Waals surface area contributed by atoms with Crippen molar-refractivity contribution < 1.29 is 14.6 Å². The van der Waals surface area contributed by atoms with Gasteiger partial charge in [0.05, 0.1) is 19.1 Å². The van der Waals surface area contributed by atoms with E-state index in [1.807, 2.05) is 25.1 Å². The van der Waals surface area contributed by atoms with Gasteiger partial charge in [0.25, 0.3) is 0 Å². The van der Waals surface area contributed by atoms with Crippen molar-refractivity contribution in [1.29, 1.82) is 0 Å². The van der Waals surface area contributed by atoms with E-state index in [4.69, 9.17) is 4.74 Å². The molecule has 0 bridgehead atoms. The molecule has 0 saturated carbocycles. The summed E-state index contributed by atoms with van der Waals surface area (Å²) in [6.45, 7) is 2.35. The van der Waals surface area contributed by atoms with Crippen LogP contribution in [0.25, 0.3) is 0 Å². The molecule has 3 nitrogen and oxygen atoms in total. The molecule has 15 heavy (non-hydrogen) atoms. The van der Waals surface area contributed by atoms with Gasteiger partial charge in [-0.3, -0.25) is 4.79 Å². The molecule has 1 aromatic carbocycles. The normalized spacial score (nSPS) is 12.1. The van der Waals surface area contributed by atoms with Crippen LogP contribution in [0, 0.1) is 0 Å². The Labute approximate surface area is 89.7 Å². The first-order valence-electron chi connectivity index (χ1n) is 5.12. The summed E-state index contributed by atoms with van der Waals surface area (Å²) >= 11 is 0. The summed E-state index contributed by atoms with van der Waals surface area (Å²) < 4.78 is 4.88. The fourth-order valence-corrected chi connectivity index (χ4v) is 1.23. The summed E-state index contributed by atoms with van der Waals surface area (Å²) in [5.41, 5.74) is 0.742. The first-order valence-corrected chi connectivity index (χ1v) is 5.12. The molecule has 0 aromatic heterocycles. The maximum atomic E-state index is 11.2. The van der Waals surface area contributed by atoms with E-state index in [-0.39, 0.29) is 12.4 Å². The molecule has 1 unspecified atom stereocenters. The topological polar surface area (TPSA) is 46.5 Å². The van der Waals surface area contributed by atoms with Gasteiger partial charge in [-0.05, 0) is 12.0 Å². The maximum Gasteiger partial charge on any atom is 0.308 e. The zero-order valence-corrected chi connectivity index (χ0v) is 8.85. The molecule has 0 aliphatic rings. The van der Waals surface area contributed by atoms with Crippen molar-refractivity contribution in [2.75, 3.05) is 6.61 Å². The Morgan fingerprint density at radius 1 is 1.40 bits per heavy atom. The molecule has 3 heteroatoms. The number of benzene rings is 1. The van der Waals surface area contributed by atoms with Crippen LogP contribution in [-0.4, -0.2) is 17.7 Å². The molecule has 0 aliphatic heterocycles. The number of rotatable bonds is 5. The van der Waals surface area contributed by atoms with Crippen molar-refractivity contribution in [3.8, 4) is 0 Å². The Hall–Kier alpha value is -1.35. The highest BCUT2D eigenvalue weighted by molar-refractivity contribution is 5.70. The van der Waals surface area contributed by atoms with Crippen molar-refractivity contribution >= 4 is 5.97 Å². The van der Waals surface area contributed by atoms with Gasteiger partial charge >= 0.3 is 5.97 Å². The Kier molecular flexibility index (Phi) is 4.84. The molecular weight excluding hydrogens is 192 g/mol. The number of hydrogen-bond donors (Lipinski definition) is 1. The predicted octanol–water partition coefficient (Wildman–Crippen LogP) is 2.06. The Bertz CT molecular complexity index is 295. The third-order valence-corrected chi connectivity index (χ3v) is 2.01. The molecule has 0 saturated heterocycles. The van der Waals surface area contributed by atoms with E-state index in [9.17, 15) is 9.90 Å². The van der Waals surface area contributed by atoms with E-state index >= 15 is 0 Å². The smallest absolute Gasteiger partial charge is 0.308 e. The predicted molar refractivity (Wildman–Crippen MR) is 57.3 cm³/mol. The summed E-state index contributed by atoms with van der Waals surface area (Å²) in [5.74, 6) is -0.354. The van der Waals surface area contributed by atoms with Gasteiger partial charge in [0, 0.05) is 0 Å². The van der Waals surface area contributed by atoms with Gasteiger partial charge in [-0.1, -0.05) is 37.3 Å².